The fourth-order valence-corrected chi connectivity index (χ4v) is 2.24. The van der Waals surface area contributed by atoms with E-state index in [1.807, 2.05) is 36.4 Å². The number of ether oxygens (including phenoxy) is 1. The molecule has 2 N–H and O–H groups in total. The molecular weight excluding hydrogens is 306 g/mol. The third kappa shape index (κ3) is 4.41. The van der Waals surface area contributed by atoms with Crippen LogP contribution < -0.4 is 10.1 Å². The highest BCUT2D eigenvalue weighted by Gasteiger charge is 2.06. The molecule has 0 spiro atoms. The van der Waals surface area contributed by atoms with Crippen LogP contribution in [0.5, 0.6) is 5.75 Å². The third-order valence-corrected chi connectivity index (χ3v) is 3.53. The van der Waals surface area contributed by atoms with Gasteiger partial charge in [0.2, 0.25) is 0 Å². The fraction of sp³-hybridized carbons (Fsp3) is 0.222. The topological polar surface area (TPSA) is 80.4 Å². The zero-order chi connectivity index (χ0) is 16.6. The maximum Gasteiger partial charge on any atom is 0.181 e. The monoisotopic (exact) mass is 325 g/mol. The number of oxazole rings is 1. The van der Waals surface area contributed by atoms with Crippen LogP contribution in [0.2, 0.25) is 0 Å². The second-order valence-electron chi connectivity index (χ2n) is 5.24. The molecule has 6 heteroatoms. The van der Waals surface area contributed by atoms with Crippen molar-refractivity contribution in [3.63, 3.8) is 0 Å². The molecule has 6 nitrogen and oxygen atoms in total. The molecule has 0 aliphatic rings. The lowest BCUT2D eigenvalue weighted by molar-refractivity contribution is 0.171. The van der Waals surface area contributed by atoms with Gasteiger partial charge in [-0.25, -0.2) is 4.98 Å². The predicted octanol–water partition coefficient (Wildman–Crippen LogP) is 2.44. The van der Waals surface area contributed by atoms with E-state index in [0.29, 0.717) is 19.7 Å². The molecule has 124 valence electrons. The van der Waals surface area contributed by atoms with Crippen molar-refractivity contribution in [1.29, 1.82) is 0 Å². The van der Waals surface area contributed by atoms with Crippen LogP contribution in [0, 0.1) is 0 Å². The molecule has 0 fully saturated rings. The second-order valence-corrected chi connectivity index (χ2v) is 5.24. The molecule has 1 aromatic carbocycles. The minimum Gasteiger partial charge on any atom is -0.492 e. The van der Waals surface area contributed by atoms with E-state index in [2.05, 4.69) is 15.3 Å². The van der Waals surface area contributed by atoms with E-state index in [4.69, 9.17) is 9.15 Å². The van der Waals surface area contributed by atoms with E-state index in [1.165, 1.54) is 6.39 Å². The van der Waals surface area contributed by atoms with Crippen LogP contribution in [0.25, 0.3) is 11.3 Å². The molecule has 3 aromatic rings. The van der Waals surface area contributed by atoms with Crippen molar-refractivity contribution in [2.75, 3.05) is 19.7 Å². The van der Waals surface area contributed by atoms with Crippen LogP contribution in [-0.2, 0) is 0 Å². The van der Waals surface area contributed by atoms with Crippen molar-refractivity contribution in [3.8, 4) is 17.1 Å². The lowest BCUT2D eigenvalue weighted by Crippen LogP contribution is -2.26. The number of benzene rings is 1. The van der Waals surface area contributed by atoms with Crippen molar-refractivity contribution in [3.05, 3.63) is 66.9 Å². The minimum absolute atomic E-state index is 0.458. The summed E-state index contributed by atoms with van der Waals surface area (Å²) in [6.07, 6.45) is 5.86. The number of hydrogen-bond donors (Lipinski definition) is 2. The smallest absolute Gasteiger partial charge is 0.181 e. The van der Waals surface area contributed by atoms with Gasteiger partial charge in [-0.2, -0.15) is 0 Å². The van der Waals surface area contributed by atoms with Crippen molar-refractivity contribution in [2.24, 2.45) is 0 Å². The highest BCUT2D eigenvalue weighted by molar-refractivity contribution is 5.57. The zero-order valence-electron chi connectivity index (χ0n) is 13.1. The maximum atomic E-state index is 10.0. The Balaban J connectivity index is 1.37. The Labute approximate surface area is 140 Å². The Morgan fingerprint density at radius 1 is 1.12 bits per heavy atom. The Morgan fingerprint density at radius 2 is 2.00 bits per heavy atom. The molecule has 0 radical (unpaired) electrons. The largest absolute Gasteiger partial charge is 0.492 e. The first kappa shape index (κ1) is 16.2. The number of nitrogens with zero attached hydrogens (tertiary/aromatic N) is 2. The summed E-state index contributed by atoms with van der Waals surface area (Å²) in [6, 6.07) is 11.3. The molecule has 2 heterocycles. The van der Waals surface area contributed by atoms with Gasteiger partial charge in [0.05, 0.1) is 12.3 Å². The molecule has 2 aromatic heterocycles. The standard InChI is InChI=1S/C18H19N3O3/c22-17(15-2-1-7-19-10-15)11-20-8-9-23-16-5-3-14(4-6-16)18-12-21-13-24-18/h1-7,10,12-13,17,20,22H,8-9,11H2/t17-/m0/s1. The predicted molar refractivity (Wildman–Crippen MR) is 89.5 cm³/mol. The molecule has 0 bridgehead atoms. The van der Waals surface area contributed by atoms with E-state index < -0.39 is 6.10 Å². The van der Waals surface area contributed by atoms with Crippen molar-refractivity contribution >= 4 is 0 Å². The summed E-state index contributed by atoms with van der Waals surface area (Å²) in [5.74, 6) is 1.51. The van der Waals surface area contributed by atoms with Gasteiger partial charge in [0, 0.05) is 36.6 Å². The molecule has 0 unspecified atom stereocenters. The van der Waals surface area contributed by atoms with Gasteiger partial charge in [-0.05, 0) is 30.3 Å². The number of hydrogen-bond acceptors (Lipinski definition) is 6. The first-order valence-electron chi connectivity index (χ1n) is 7.73. The quantitative estimate of drug-likeness (QED) is 0.619. The highest BCUT2D eigenvalue weighted by atomic mass is 16.5. The molecule has 3 rings (SSSR count). The van der Waals surface area contributed by atoms with E-state index in [9.17, 15) is 5.11 Å². The summed E-state index contributed by atoms with van der Waals surface area (Å²) < 4.78 is 10.9. The first-order chi connectivity index (χ1) is 11.8. The van der Waals surface area contributed by atoms with Gasteiger partial charge in [0.15, 0.2) is 12.2 Å². The van der Waals surface area contributed by atoms with E-state index in [1.54, 1.807) is 18.6 Å². The zero-order valence-corrected chi connectivity index (χ0v) is 13.1. The molecule has 24 heavy (non-hydrogen) atoms. The number of aromatic nitrogens is 2. The average molecular weight is 325 g/mol. The Hall–Kier alpha value is -2.70. The molecule has 0 saturated carbocycles. The van der Waals surface area contributed by atoms with Crippen LogP contribution >= 0.6 is 0 Å². The lowest BCUT2D eigenvalue weighted by atomic mass is 10.1. The molecule has 0 aliphatic heterocycles. The maximum absolute atomic E-state index is 10.0. The molecule has 0 saturated heterocycles. The van der Waals surface area contributed by atoms with Gasteiger partial charge >= 0.3 is 0 Å². The highest BCUT2D eigenvalue weighted by Crippen LogP contribution is 2.21. The van der Waals surface area contributed by atoms with E-state index >= 15 is 0 Å². The van der Waals surface area contributed by atoms with Crippen LogP contribution in [-0.4, -0.2) is 34.8 Å². The van der Waals surface area contributed by atoms with E-state index in [-0.39, 0.29) is 0 Å². The molecule has 1 atom stereocenters. The van der Waals surface area contributed by atoms with Gasteiger partial charge in [-0.1, -0.05) is 6.07 Å². The van der Waals surface area contributed by atoms with Crippen LogP contribution in [0.4, 0.5) is 0 Å². The van der Waals surface area contributed by atoms with Crippen molar-refractivity contribution in [2.45, 2.75) is 6.10 Å². The van der Waals surface area contributed by atoms with E-state index in [0.717, 1.165) is 22.6 Å². The first-order valence-corrected chi connectivity index (χ1v) is 7.73. The summed E-state index contributed by atoms with van der Waals surface area (Å²) in [6.45, 7) is 1.61. The van der Waals surface area contributed by atoms with Gasteiger partial charge in [0.25, 0.3) is 0 Å². The second kappa shape index (κ2) is 8.24. The van der Waals surface area contributed by atoms with Crippen LogP contribution in [0.3, 0.4) is 0 Å². The summed E-state index contributed by atoms with van der Waals surface area (Å²) in [4.78, 5) is 7.89. The summed E-state index contributed by atoms with van der Waals surface area (Å²) in [7, 11) is 0. The lowest BCUT2D eigenvalue weighted by Gasteiger charge is -2.12. The van der Waals surface area contributed by atoms with Gasteiger partial charge in [-0.3, -0.25) is 4.98 Å². The number of aliphatic hydroxyl groups is 1. The number of nitrogens with one attached hydrogen (secondary N) is 1. The van der Waals surface area contributed by atoms with Crippen molar-refractivity contribution < 1.29 is 14.3 Å². The minimum atomic E-state index is -0.570. The normalized spacial score (nSPS) is 12.0. The summed E-state index contributed by atoms with van der Waals surface area (Å²) in [5, 5.41) is 13.2. The van der Waals surface area contributed by atoms with Crippen LogP contribution in [0.1, 0.15) is 11.7 Å². The van der Waals surface area contributed by atoms with Crippen molar-refractivity contribution in [1.82, 2.24) is 15.3 Å². The van der Waals surface area contributed by atoms with Crippen LogP contribution in [0.15, 0.2) is 65.8 Å². The third-order valence-electron chi connectivity index (χ3n) is 3.53. The van der Waals surface area contributed by atoms with Gasteiger partial charge < -0.3 is 19.6 Å². The van der Waals surface area contributed by atoms with Gasteiger partial charge in [-0.15, -0.1) is 0 Å². The Bertz CT molecular complexity index is 715. The molecule has 0 aliphatic carbocycles. The molecule has 0 amide bonds. The molecular formula is C18H19N3O3. The number of pyridine rings is 1. The average Bonchev–Trinajstić information content (AvgIpc) is 3.17. The number of aliphatic hydroxyl groups excluding tert-OH is 1. The Morgan fingerprint density at radius 3 is 2.71 bits per heavy atom. The van der Waals surface area contributed by atoms with Gasteiger partial charge in [0.1, 0.15) is 12.4 Å². The SMILES string of the molecule is O[C@@H](CNCCOc1ccc(-c2cnco2)cc1)c1cccnc1. The summed E-state index contributed by atoms with van der Waals surface area (Å²) >= 11 is 0. The fourth-order valence-electron chi connectivity index (χ4n) is 2.24. The number of rotatable bonds is 8. The summed E-state index contributed by atoms with van der Waals surface area (Å²) in [5.41, 5.74) is 1.76. The Kier molecular flexibility index (Phi) is 5.55.